The SMILES string of the molecule is N#Cc1ccc(-c2ccc(-n3c4ccccc4c4c5oc6ccccc6c5c5c(c6ccccc6n5-c5ccccc5)c43)c(C#N)c2)cc1. The Hall–Kier alpha value is -7.08. The lowest BCUT2D eigenvalue weighted by Crippen LogP contribution is -1.99. The Kier molecular flexibility index (Phi) is 5.64. The summed E-state index contributed by atoms with van der Waals surface area (Å²) >= 11 is 0. The smallest absolute Gasteiger partial charge is 0.147 e. The van der Waals surface area contributed by atoms with Gasteiger partial charge in [-0.2, -0.15) is 10.5 Å². The number of para-hydroxylation sites is 4. The van der Waals surface area contributed by atoms with Gasteiger partial charge in [-0.25, -0.2) is 0 Å². The minimum atomic E-state index is 0.550. The van der Waals surface area contributed by atoms with Crippen LogP contribution in [0.4, 0.5) is 0 Å². The first-order valence-corrected chi connectivity index (χ1v) is 16.1. The number of rotatable bonds is 3. The molecule has 3 aromatic heterocycles. The summed E-state index contributed by atoms with van der Waals surface area (Å²) in [7, 11) is 0. The summed E-state index contributed by atoms with van der Waals surface area (Å²) < 4.78 is 11.5. The van der Waals surface area contributed by atoms with Crippen molar-refractivity contribution in [2.75, 3.05) is 0 Å². The zero-order valence-corrected chi connectivity index (χ0v) is 26.1. The average Bonchev–Trinajstić information content (AvgIpc) is 3.83. The maximum absolute atomic E-state index is 10.7. The van der Waals surface area contributed by atoms with Crippen molar-refractivity contribution >= 4 is 65.6 Å². The second kappa shape index (κ2) is 10.2. The highest BCUT2D eigenvalue weighted by Gasteiger charge is 2.28. The maximum Gasteiger partial charge on any atom is 0.147 e. The molecule has 0 bridgehead atoms. The summed E-state index contributed by atoms with van der Waals surface area (Å²) in [6, 6.07) is 53.9. The van der Waals surface area contributed by atoms with Crippen molar-refractivity contribution in [1.29, 1.82) is 10.5 Å². The van der Waals surface area contributed by atoms with E-state index in [0.717, 1.165) is 88.1 Å². The third kappa shape index (κ3) is 3.73. The monoisotopic (exact) mass is 624 g/mol. The third-order valence-electron chi connectivity index (χ3n) is 9.77. The van der Waals surface area contributed by atoms with Crippen molar-refractivity contribution in [2.24, 2.45) is 0 Å². The molecule has 3 heterocycles. The first-order chi connectivity index (χ1) is 24.2. The summed E-state index contributed by atoms with van der Waals surface area (Å²) in [6.07, 6.45) is 0. The molecule has 0 saturated carbocycles. The molecule has 226 valence electrons. The maximum atomic E-state index is 10.7. The largest absolute Gasteiger partial charge is 0.455 e. The van der Waals surface area contributed by atoms with Crippen LogP contribution in [0.3, 0.4) is 0 Å². The van der Waals surface area contributed by atoms with Gasteiger partial charge in [-0.3, -0.25) is 0 Å². The van der Waals surface area contributed by atoms with Crippen LogP contribution in [0.15, 0.2) is 150 Å². The van der Waals surface area contributed by atoms with Crippen LogP contribution in [0.1, 0.15) is 11.1 Å². The number of hydrogen-bond donors (Lipinski definition) is 0. The van der Waals surface area contributed by atoms with E-state index in [4.69, 9.17) is 4.42 Å². The molecule has 7 aromatic carbocycles. The summed E-state index contributed by atoms with van der Waals surface area (Å²) in [5.41, 5.74) is 10.7. The second-order valence-electron chi connectivity index (χ2n) is 12.3. The Bertz CT molecular complexity index is 3050. The van der Waals surface area contributed by atoms with E-state index < -0.39 is 0 Å². The van der Waals surface area contributed by atoms with Crippen molar-refractivity contribution < 1.29 is 4.42 Å². The Morgan fingerprint density at radius 2 is 1.08 bits per heavy atom. The second-order valence-corrected chi connectivity index (χ2v) is 12.3. The van der Waals surface area contributed by atoms with E-state index in [0.29, 0.717) is 11.1 Å². The Balaban J connectivity index is 1.44. The predicted molar refractivity (Wildman–Crippen MR) is 197 cm³/mol. The zero-order chi connectivity index (χ0) is 32.6. The van der Waals surface area contributed by atoms with Gasteiger partial charge in [0.05, 0.1) is 55.7 Å². The molecule has 0 spiro atoms. The fourth-order valence-electron chi connectivity index (χ4n) is 7.71. The van der Waals surface area contributed by atoms with Gasteiger partial charge in [-0.05, 0) is 65.7 Å². The van der Waals surface area contributed by atoms with Crippen molar-refractivity contribution in [3.63, 3.8) is 0 Å². The number of nitrogens with zero attached hydrogens (tertiary/aromatic N) is 4. The van der Waals surface area contributed by atoms with Crippen molar-refractivity contribution in [1.82, 2.24) is 9.13 Å². The van der Waals surface area contributed by atoms with Gasteiger partial charge in [0.2, 0.25) is 0 Å². The molecule has 0 radical (unpaired) electrons. The Labute approximate surface area is 280 Å². The lowest BCUT2D eigenvalue weighted by atomic mass is 10.0. The molecule has 0 fully saturated rings. The van der Waals surface area contributed by atoms with E-state index >= 15 is 0 Å². The van der Waals surface area contributed by atoms with Crippen molar-refractivity contribution in [3.05, 3.63) is 157 Å². The number of fused-ring (bicyclic) bond motifs is 12. The van der Waals surface area contributed by atoms with Crippen LogP contribution < -0.4 is 0 Å². The summed E-state index contributed by atoms with van der Waals surface area (Å²) in [5.74, 6) is 0. The summed E-state index contributed by atoms with van der Waals surface area (Å²) in [6.45, 7) is 0. The number of hydrogen-bond acceptors (Lipinski definition) is 3. The van der Waals surface area contributed by atoms with Crippen LogP contribution in [0.2, 0.25) is 0 Å². The molecule has 0 aliphatic heterocycles. The molecular weight excluding hydrogens is 601 g/mol. The molecule has 10 aromatic rings. The molecule has 0 aliphatic carbocycles. The van der Waals surface area contributed by atoms with Gasteiger partial charge in [0.15, 0.2) is 0 Å². The van der Waals surface area contributed by atoms with Gasteiger partial charge >= 0.3 is 0 Å². The lowest BCUT2D eigenvalue weighted by Gasteiger charge is -2.13. The fourth-order valence-corrected chi connectivity index (χ4v) is 7.71. The third-order valence-corrected chi connectivity index (χ3v) is 9.77. The standard InChI is InChI=1S/C44H24N4O/c45-25-27-18-20-28(21-19-27)29-22-23-35(30(24-29)26-46)48-37-16-8-5-13-33(37)40-43(48)39-32-12-4-7-15-36(32)47(31-10-2-1-3-11-31)42(39)41-34-14-6-9-17-38(34)49-44(40)41/h1-24H. The topological polar surface area (TPSA) is 70.6 Å². The minimum absolute atomic E-state index is 0.550. The number of furan rings is 1. The van der Waals surface area contributed by atoms with E-state index in [2.05, 4.69) is 112 Å². The molecule has 0 aliphatic rings. The number of nitriles is 2. The van der Waals surface area contributed by atoms with Crippen LogP contribution in [-0.4, -0.2) is 9.13 Å². The van der Waals surface area contributed by atoms with Crippen molar-refractivity contribution in [3.8, 4) is 34.6 Å². The Morgan fingerprint density at radius 3 is 1.82 bits per heavy atom. The Morgan fingerprint density at radius 1 is 0.490 bits per heavy atom. The molecule has 10 rings (SSSR count). The summed E-state index contributed by atoms with van der Waals surface area (Å²) in [4.78, 5) is 0. The van der Waals surface area contributed by atoms with Crippen LogP contribution in [0.5, 0.6) is 0 Å². The van der Waals surface area contributed by atoms with Crippen LogP contribution in [-0.2, 0) is 0 Å². The average molecular weight is 625 g/mol. The highest BCUT2D eigenvalue weighted by atomic mass is 16.3. The first kappa shape index (κ1) is 27.1. The van der Waals surface area contributed by atoms with Crippen LogP contribution >= 0.6 is 0 Å². The molecule has 0 amide bonds. The first-order valence-electron chi connectivity index (χ1n) is 16.1. The fraction of sp³-hybridized carbons (Fsp3) is 0. The van der Waals surface area contributed by atoms with Gasteiger partial charge < -0.3 is 13.6 Å². The molecule has 0 unspecified atom stereocenters. The zero-order valence-electron chi connectivity index (χ0n) is 26.1. The normalized spacial score (nSPS) is 11.6. The lowest BCUT2D eigenvalue weighted by molar-refractivity contribution is 0.673. The molecule has 0 atom stereocenters. The van der Waals surface area contributed by atoms with Crippen LogP contribution in [0, 0.1) is 22.7 Å². The van der Waals surface area contributed by atoms with E-state index in [1.165, 1.54) is 0 Å². The van der Waals surface area contributed by atoms with Gasteiger partial charge in [0, 0.05) is 27.2 Å². The van der Waals surface area contributed by atoms with E-state index in [1.54, 1.807) is 12.1 Å². The molecular formula is C44H24N4O. The molecule has 5 nitrogen and oxygen atoms in total. The number of aromatic nitrogens is 2. The van der Waals surface area contributed by atoms with Crippen molar-refractivity contribution in [2.45, 2.75) is 0 Å². The quantitative estimate of drug-likeness (QED) is 0.196. The van der Waals surface area contributed by atoms with Gasteiger partial charge in [0.25, 0.3) is 0 Å². The van der Waals surface area contributed by atoms with E-state index in [9.17, 15) is 10.5 Å². The van der Waals surface area contributed by atoms with E-state index in [1.807, 2.05) is 42.5 Å². The van der Waals surface area contributed by atoms with Crippen LogP contribution in [0.25, 0.3) is 88.1 Å². The van der Waals surface area contributed by atoms with Gasteiger partial charge in [-0.15, -0.1) is 0 Å². The minimum Gasteiger partial charge on any atom is -0.455 e. The highest BCUT2D eigenvalue weighted by molar-refractivity contribution is 6.39. The predicted octanol–water partition coefficient (Wildman–Crippen LogP) is 11.2. The van der Waals surface area contributed by atoms with E-state index in [-0.39, 0.29) is 0 Å². The molecule has 49 heavy (non-hydrogen) atoms. The molecule has 5 heteroatoms. The molecule has 0 N–H and O–H groups in total. The number of benzene rings is 7. The highest BCUT2D eigenvalue weighted by Crippen LogP contribution is 2.49. The van der Waals surface area contributed by atoms with Gasteiger partial charge in [-0.1, -0.05) is 91.0 Å². The van der Waals surface area contributed by atoms with Gasteiger partial charge in [0.1, 0.15) is 17.2 Å². The summed E-state index contributed by atoms with van der Waals surface area (Å²) in [5, 5.41) is 26.4. The molecule has 0 saturated heterocycles.